The van der Waals surface area contributed by atoms with Crippen molar-refractivity contribution in [1.82, 2.24) is 15.3 Å². The molecule has 1 aliphatic rings. The summed E-state index contributed by atoms with van der Waals surface area (Å²) in [7, 11) is 1.74. The van der Waals surface area contributed by atoms with Gasteiger partial charge in [-0.3, -0.25) is 4.98 Å². The van der Waals surface area contributed by atoms with E-state index in [2.05, 4.69) is 15.3 Å². The number of benzene rings is 1. The zero-order valence-corrected chi connectivity index (χ0v) is 14.2. The van der Waals surface area contributed by atoms with Crippen molar-refractivity contribution in [3.63, 3.8) is 0 Å². The Morgan fingerprint density at radius 2 is 2.12 bits per heavy atom. The Kier molecular flexibility index (Phi) is 5.45. The number of ether oxygens (including phenoxy) is 1. The van der Waals surface area contributed by atoms with Crippen molar-refractivity contribution in [1.29, 1.82) is 0 Å². The van der Waals surface area contributed by atoms with Gasteiger partial charge in [-0.15, -0.1) is 0 Å². The van der Waals surface area contributed by atoms with Crippen LogP contribution in [0.15, 0.2) is 30.6 Å². The maximum atomic E-state index is 14.2. The Balaban J connectivity index is 1.56. The minimum atomic E-state index is -0.669. The second kappa shape index (κ2) is 7.76. The van der Waals surface area contributed by atoms with Gasteiger partial charge in [-0.2, -0.15) is 0 Å². The lowest BCUT2D eigenvalue weighted by molar-refractivity contribution is 0.106. The minimum absolute atomic E-state index is 0.0540. The number of rotatable bonds is 7. The number of nitrogens with zero attached hydrogens (tertiary/aromatic N) is 2. The Morgan fingerprint density at radius 1 is 1.32 bits per heavy atom. The Bertz CT molecular complexity index is 705. The van der Waals surface area contributed by atoms with Crippen LogP contribution in [0.3, 0.4) is 0 Å². The van der Waals surface area contributed by atoms with Crippen LogP contribution in [-0.2, 0) is 0 Å². The summed E-state index contributed by atoms with van der Waals surface area (Å²) in [5, 5.41) is 12.5. The van der Waals surface area contributed by atoms with Crippen LogP contribution >= 0.6 is 0 Å². The second-order valence-electron chi connectivity index (χ2n) is 6.44. The maximum absolute atomic E-state index is 14.2. The van der Waals surface area contributed by atoms with E-state index < -0.39 is 11.9 Å². The van der Waals surface area contributed by atoms with Gasteiger partial charge in [0.2, 0.25) is 0 Å². The largest absolute Gasteiger partial charge is 0.488 e. The zero-order chi connectivity index (χ0) is 17.8. The Morgan fingerprint density at radius 3 is 2.76 bits per heavy atom. The summed E-state index contributed by atoms with van der Waals surface area (Å²) >= 11 is 0. The molecular weight excluding hydrogens is 323 g/mol. The van der Waals surface area contributed by atoms with Gasteiger partial charge in [0.05, 0.1) is 18.1 Å². The smallest absolute Gasteiger partial charge is 0.165 e. The summed E-state index contributed by atoms with van der Waals surface area (Å²) < 4.78 is 19.6. The molecule has 1 aliphatic carbocycles. The molecule has 2 aromatic rings. The van der Waals surface area contributed by atoms with Crippen LogP contribution in [0.5, 0.6) is 5.75 Å². The minimum Gasteiger partial charge on any atom is -0.488 e. The van der Waals surface area contributed by atoms with E-state index >= 15 is 0 Å². The zero-order valence-electron chi connectivity index (χ0n) is 14.2. The van der Waals surface area contributed by atoms with Gasteiger partial charge < -0.3 is 20.9 Å². The third-order valence-corrected chi connectivity index (χ3v) is 4.55. The van der Waals surface area contributed by atoms with Crippen LogP contribution in [0, 0.1) is 5.82 Å². The van der Waals surface area contributed by atoms with Crippen molar-refractivity contribution in [2.75, 3.05) is 25.9 Å². The van der Waals surface area contributed by atoms with E-state index in [1.165, 1.54) is 6.07 Å². The van der Waals surface area contributed by atoms with Crippen LogP contribution in [-0.4, -0.2) is 41.4 Å². The first-order chi connectivity index (χ1) is 12.1. The fraction of sp³-hybridized carbons (Fsp3) is 0.444. The van der Waals surface area contributed by atoms with Gasteiger partial charge in [0, 0.05) is 12.5 Å². The molecule has 25 heavy (non-hydrogen) atoms. The van der Waals surface area contributed by atoms with Crippen LogP contribution in [0.25, 0.3) is 0 Å². The first kappa shape index (κ1) is 17.6. The highest BCUT2D eigenvalue weighted by atomic mass is 19.1. The van der Waals surface area contributed by atoms with E-state index in [4.69, 9.17) is 10.5 Å². The number of hydrogen-bond donors (Lipinski definition) is 3. The normalized spacial score (nSPS) is 20.8. The number of anilines is 1. The van der Waals surface area contributed by atoms with Crippen molar-refractivity contribution in [3.8, 4) is 5.75 Å². The number of nitrogen functional groups attached to an aromatic ring is 1. The summed E-state index contributed by atoms with van der Waals surface area (Å²) in [4.78, 5) is 8.37. The van der Waals surface area contributed by atoms with Crippen LogP contribution in [0.2, 0.25) is 0 Å². The predicted octanol–water partition coefficient (Wildman–Crippen LogP) is 1.82. The molecule has 6 nitrogen and oxygen atoms in total. The van der Waals surface area contributed by atoms with Gasteiger partial charge >= 0.3 is 0 Å². The van der Waals surface area contributed by atoms with Crippen molar-refractivity contribution >= 4 is 5.82 Å². The molecular formula is C18H23FN4O2. The molecule has 1 saturated carbocycles. The molecule has 1 fully saturated rings. The van der Waals surface area contributed by atoms with Gasteiger partial charge in [-0.25, -0.2) is 9.37 Å². The average Bonchev–Trinajstić information content (AvgIpc) is 2.55. The molecule has 134 valence electrons. The summed E-state index contributed by atoms with van der Waals surface area (Å²) in [6.45, 7) is 0.454. The average molecular weight is 346 g/mol. The number of likely N-dealkylation sites (N-methyl/N-ethyl adjacent to an activating group) is 1. The lowest BCUT2D eigenvalue weighted by atomic mass is 9.70. The molecule has 0 bridgehead atoms. The summed E-state index contributed by atoms with van der Waals surface area (Å²) in [5.41, 5.74) is 7.44. The molecule has 0 aliphatic heterocycles. The molecule has 1 aromatic heterocycles. The molecule has 0 spiro atoms. The lowest BCUT2D eigenvalue weighted by Gasteiger charge is -2.35. The molecule has 1 heterocycles. The third kappa shape index (κ3) is 4.24. The molecule has 1 atom stereocenters. The SMILES string of the molecule is CNCC(O)COc1ccc(C2CC(c3cnc(N)cn3)C2)cc1F. The van der Waals surface area contributed by atoms with E-state index in [1.54, 1.807) is 25.5 Å². The van der Waals surface area contributed by atoms with Crippen LogP contribution in [0.1, 0.15) is 35.9 Å². The van der Waals surface area contributed by atoms with Crippen molar-refractivity contribution in [3.05, 3.63) is 47.7 Å². The third-order valence-electron chi connectivity index (χ3n) is 4.55. The molecule has 4 N–H and O–H groups in total. The fourth-order valence-electron chi connectivity index (χ4n) is 3.06. The number of aliphatic hydroxyl groups excluding tert-OH is 1. The standard InChI is InChI=1S/C18H23FN4O2/c1-21-7-14(24)10-25-17-3-2-11(6-15(17)19)12-4-13(5-12)16-8-23-18(20)9-22-16/h2-3,6,8-9,12-14,21,24H,4-5,7,10H2,1H3,(H2,20,23). The topological polar surface area (TPSA) is 93.3 Å². The maximum Gasteiger partial charge on any atom is 0.165 e. The molecule has 7 heteroatoms. The number of nitrogens with one attached hydrogen (secondary N) is 1. The van der Waals surface area contributed by atoms with E-state index in [-0.39, 0.29) is 12.4 Å². The van der Waals surface area contributed by atoms with Crippen molar-refractivity contribution in [2.24, 2.45) is 0 Å². The summed E-state index contributed by atoms with van der Waals surface area (Å²) in [6.07, 6.45) is 4.44. The fourth-order valence-corrected chi connectivity index (χ4v) is 3.06. The highest BCUT2D eigenvalue weighted by molar-refractivity contribution is 5.34. The van der Waals surface area contributed by atoms with E-state index in [0.29, 0.717) is 24.2 Å². The van der Waals surface area contributed by atoms with Gasteiger partial charge in [-0.1, -0.05) is 6.07 Å². The Hall–Kier alpha value is -2.25. The highest BCUT2D eigenvalue weighted by Crippen LogP contribution is 2.47. The number of halogens is 1. The highest BCUT2D eigenvalue weighted by Gasteiger charge is 2.33. The van der Waals surface area contributed by atoms with E-state index in [0.717, 1.165) is 24.1 Å². The van der Waals surface area contributed by atoms with E-state index in [1.807, 2.05) is 6.07 Å². The first-order valence-corrected chi connectivity index (χ1v) is 8.39. The lowest BCUT2D eigenvalue weighted by Crippen LogP contribution is -2.29. The second-order valence-corrected chi connectivity index (χ2v) is 6.44. The molecule has 0 amide bonds. The van der Waals surface area contributed by atoms with Crippen LogP contribution < -0.4 is 15.8 Å². The molecule has 1 aromatic carbocycles. The monoisotopic (exact) mass is 346 g/mol. The van der Waals surface area contributed by atoms with Crippen LogP contribution in [0.4, 0.5) is 10.2 Å². The van der Waals surface area contributed by atoms with Crippen molar-refractivity contribution < 1.29 is 14.2 Å². The number of hydrogen-bond acceptors (Lipinski definition) is 6. The van der Waals surface area contributed by atoms with Gasteiger partial charge in [-0.05, 0) is 43.5 Å². The van der Waals surface area contributed by atoms with Crippen molar-refractivity contribution in [2.45, 2.75) is 30.8 Å². The predicted molar refractivity (Wildman–Crippen MR) is 93.0 cm³/mol. The van der Waals surface area contributed by atoms with Gasteiger partial charge in [0.25, 0.3) is 0 Å². The molecule has 1 unspecified atom stereocenters. The van der Waals surface area contributed by atoms with E-state index in [9.17, 15) is 9.50 Å². The molecule has 0 radical (unpaired) electrons. The van der Waals surface area contributed by atoms with Gasteiger partial charge in [0.1, 0.15) is 18.5 Å². The summed E-state index contributed by atoms with van der Waals surface area (Å²) in [6, 6.07) is 5.04. The van der Waals surface area contributed by atoms with Gasteiger partial charge in [0.15, 0.2) is 11.6 Å². The summed E-state index contributed by atoms with van der Waals surface area (Å²) in [5.74, 6) is 0.831. The molecule has 0 saturated heterocycles. The number of nitrogens with two attached hydrogens (primary N) is 1. The Labute approximate surface area is 146 Å². The molecule has 3 rings (SSSR count). The number of aliphatic hydroxyl groups is 1. The first-order valence-electron chi connectivity index (χ1n) is 8.39. The number of aromatic nitrogens is 2. The quantitative estimate of drug-likeness (QED) is 0.708.